The molecule has 0 amide bonds. The predicted octanol–water partition coefficient (Wildman–Crippen LogP) is 6.07. The highest BCUT2D eigenvalue weighted by molar-refractivity contribution is 7.21. The molecule has 5 unspecified atom stereocenters. The molecular formula is C28H39O4P. The minimum absolute atomic E-state index is 0.00897. The van der Waals surface area contributed by atoms with Gasteiger partial charge in [-0.15, -0.1) is 9.24 Å². The lowest BCUT2D eigenvalue weighted by Gasteiger charge is -2.32. The van der Waals surface area contributed by atoms with Gasteiger partial charge in [0.25, 0.3) is 0 Å². The second kappa shape index (κ2) is 9.84. The molecule has 0 bridgehead atoms. The van der Waals surface area contributed by atoms with Gasteiger partial charge in [-0.3, -0.25) is 9.59 Å². The molecule has 33 heavy (non-hydrogen) atoms. The van der Waals surface area contributed by atoms with Gasteiger partial charge in [0.2, 0.25) is 0 Å². The van der Waals surface area contributed by atoms with E-state index in [1.807, 2.05) is 51.1 Å². The van der Waals surface area contributed by atoms with Crippen molar-refractivity contribution >= 4 is 21.0 Å². The van der Waals surface area contributed by atoms with E-state index in [9.17, 15) is 9.59 Å². The smallest absolute Gasteiger partial charge is 0.316 e. The van der Waals surface area contributed by atoms with Crippen LogP contribution in [0.15, 0.2) is 35.9 Å². The number of allylic oxidation sites excluding steroid dienone is 2. The lowest BCUT2D eigenvalue weighted by atomic mass is 9.79. The van der Waals surface area contributed by atoms with E-state index in [0.717, 1.165) is 34.2 Å². The van der Waals surface area contributed by atoms with Crippen molar-refractivity contribution in [3.63, 3.8) is 0 Å². The second-order valence-corrected chi connectivity index (χ2v) is 12.4. The first-order valence-electron chi connectivity index (χ1n) is 11.9. The maximum atomic E-state index is 13.5. The van der Waals surface area contributed by atoms with Crippen molar-refractivity contribution < 1.29 is 19.1 Å². The number of aryl methyl sites for hydroxylation is 3. The lowest BCUT2D eigenvalue weighted by Crippen LogP contribution is -2.39. The number of carbonyl (C=O) groups is 2. The molecule has 1 heterocycles. The number of Topliss-reactive ketones (excluding diaryl/α,β-unsaturated/α-hetero) is 1. The fourth-order valence-corrected chi connectivity index (χ4v) is 6.01. The van der Waals surface area contributed by atoms with E-state index in [1.54, 1.807) is 0 Å². The molecule has 0 saturated carbocycles. The normalized spacial score (nSPS) is 22.1. The Morgan fingerprint density at radius 3 is 2.36 bits per heavy atom. The van der Waals surface area contributed by atoms with Gasteiger partial charge >= 0.3 is 5.97 Å². The highest BCUT2D eigenvalue weighted by Crippen LogP contribution is 2.39. The van der Waals surface area contributed by atoms with Crippen LogP contribution in [0.5, 0.6) is 0 Å². The van der Waals surface area contributed by atoms with Crippen molar-refractivity contribution in [3.8, 4) is 0 Å². The number of rotatable bonds is 9. The number of ether oxygens (including phenoxy) is 2. The zero-order chi connectivity index (χ0) is 24.6. The van der Waals surface area contributed by atoms with Crippen LogP contribution in [0.3, 0.4) is 0 Å². The topological polar surface area (TPSA) is 55.9 Å². The number of carbonyl (C=O) groups excluding carboxylic acids is 2. The zero-order valence-corrected chi connectivity index (χ0v) is 22.3. The summed E-state index contributed by atoms with van der Waals surface area (Å²) in [6.07, 6.45) is 7.70. The number of epoxide rings is 1. The molecular weight excluding hydrogens is 431 g/mol. The van der Waals surface area contributed by atoms with Crippen molar-refractivity contribution in [1.82, 2.24) is 0 Å². The largest absolute Gasteiger partial charge is 0.460 e. The molecule has 1 aliphatic heterocycles. The Morgan fingerprint density at radius 1 is 1.12 bits per heavy atom. The SMILES string of the molecule is Cc1cc(C)c(C(=O)CC(P)(CC(C)CC(C)(C)C)C(=O)OCC2=CC=CC3OC23)c(C)c1. The maximum Gasteiger partial charge on any atom is 0.316 e. The molecule has 0 N–H and O–H groups in total. The predicted molar refractivity (Wildman–Crippen MR) is 137 cm³/mol. The van der Waals surface area contributed by atoms with Gasteiger partial charge < -0.3 is 9.47 Å². The molecule has 0 aromatic heterocycles. The summed E-state index contributed by atoms with van der Waals surface area (Å²) in [5, 5.41) is -0.972. The molecule has 4 nitrogen and oxygen atoms in total. The third-order valence-electron chi connectivity index (χ3n) is 6.38. The van der Waals surface area contributed by atoms with Gasteiger partial charge in [0.1, 0.15) is 18.8 Å². The lowest BCUT2D eigenvalue weighted by molar-refractivity contribution is -0.146. The summed E-state index contributed by atoms with van der Waals surface area (Å²) in [6, 6.07) is 4.06. The monoisotopic (exact) mass is 470 g/mol. The van der Waals surface area contributed by atoms with Gasteiger partial charge in [-0.1, -0.05) is 63.6 Å². The molecule has 0 radical (unpaired) electrons. The summed E-state index contributed by atoms with van der Waals surface area (Å²) in [5.74, 6) is -0.0852. The quantitative estimate of drug-likeness (QED) is 0.190. The first-order valence-corrected chi connectivity index (χ1v) is 12.5. The highest BCUT2D eigenvalue weighted by atomic mass is 31.0. The summed E-state index contributed by atoms with van der Waals surface area (Å²) in [6.45, 7) is 14.9. The number of fused-ring (bicyclic) bond motifs is 1. The molecule has 1 fully saturated rings. The van der Waals surface area contributed by atoms with Crippen LogP contribution in [0.4, 0.5) is 0 Å². The summed E-state index contributed by atoms with van der Waals surface area (Å²) in [5.41, 5.74) is 4.88. The minimum atomic E-state index is -0.972. The maximum absolute atomic E-state index is 13.5. The Labute approximate surface area is 201 Å². The van der Waals surface area contributed by atoms with E-state index in [0.29, 0.717) is 6.42 Å². The van der Waals surface area contributed by atoms with Crippen LogP contribution < -0.4 is 0 Å². The van der Waals surface area contributed by atoms with Crippen LogP contribution in [-0.2, 0) is 14.3 Å². The molecule has 5 heteroatoms. The Balaban J connectivity index is 1.79. The van der Waals surface area contributed by atoms with Crippen LogP contribution in [0, 0.1) is 32.1 Å². The Kier molecular flexibility index (Phi) is 7.71. The van der Waals surface area contributed by atoms with E-state index in [-0.39, 0.29) is 48.3 Å². The summed E-state index contributed by atoms with van der Waals surface area (Å²) in [7, 11) is 2.70. The molecule has 0 spiro atoms. The number of benzene rings is 1. The fourth-order valence-electron chi connectivity index (χ4n) is 5.34. The van der Waals surface area contributed by atoms with Crippen molar-refractivity contribution in [2.24, 2.45) is 11.3 Å². The zero-order valence-electron chi connectivity index (χ0n) is 21.2. The van der Waals surface area contributed by atoms with Crippen LogP contribution in [0.2, 0.25) is 0 Å². The first-order chi connectivity index (χ1) is 15.3. The summed E-state index contributed by atoms with van der Waals surface area (Å²) < 4.78 is 11.4. The van der Waals surface area contributed by atoms with Gasteiger partial charge in [0, 0.05) is 12.0 Å². The molecule has 1 aliphatic carbocycles. The van der Waals surface area contributed by atoms with Crippen molar-refractivity contribution in [2.45, 2.75) is 85.1 Å². The molecule has 180 valence electrons. The molecule has 2 aliphatic rings. The van der Waals surface area contributed by atoms with Gasteiger partial charge in [0.15, 0.2) is 5.78 Å². The van der Waals surface area contributed by atoms with E-state index in [4.69, 9.17) is 9.47 Å². The van der Waals surface area contributed by atoms with Crippen LogP contribution in [-0.4, -0.2) is 35.7 Å². The molecule has 3 rings (SSSR count). The number of esters is 1. The standard InChI is InChI=1S/C28H39O4P/c1-17-11-19(3)24(20(4)12-17)22(29)15-28(33,14-18(2)13-27(5,6)7)26(30)31-16-21-9-8-10-23-25(21)32-23/h8-12,18,23,25H,13-16,33H2,1-7H3. The van der Waals surface area contributed by atoms with Crippen molar-refractivity contribution in [2.75, 3.05) is 6.61 Å². The summed E-state index contributed by atoms with van der Waals surface area (Å²) in [4.78, 5) is 26.9. The number of ketones is 1. The Morgan fingerprint density at radius 2 is 1.76 bits per heavy atom. The van der Waals surface area contributed by atoms with E-state index in [1.165, 1.54) is 0 Å². The van der Waals surface area contributed by atoms with E-state index >= 15 is 0 Å². The fraction of sp³-hybridized carbons (Fsp3) is 0.571. The third-order valence-corrected chi connectivity index (χ3v) is 7.06. The highest BCUT2D eigenvalue weighted by Gasteiger charge is 2.43. The van der Waals surface area contributed by atoms with Gasteiger partial charge in [0.05, 0.1) is 5.16 Å². The summed E-state index contributed by atoms with van der Waals surface area (Å²) >= 11 is 0. The van der Waals surface area contributed by atoms with Crippen LogP contribution in [0.25, 0.3) is 0 Å². The molecule has 1 aromatic carbocycles. The Hall–Kier alpha value is -1.77. The number of hydrogen-bond donors (Lipinski definition) is 0. The Bertz CT molecular complexity index is 961. The van der Waals surface area contributed by atoms with Gasteiger partial charge in [-0.25, -0.2) is 0 Å². The van der Waals surface area contributed by atoms with E-state index in [2.05, 4.69) is 36.9 Å². The second-order valence-electron chi connectivity index (χ2n) is 11.3. The van der Waals surface area contributed by atoms with Gasteiger partial charge in [-0.05, 0) is 61.6 Å². The molecule has 5 atom stereocenters. The van der Waals surface area contributed by atoms with Crippen LogP contribution >= 0.6 is 9.24 Å². The first kappa shape index (κ1) is 25.8. The van der Waals surface area contributed by atoms with Crippen molar-refractivity contribution in [3.05, 3.63) is 58.2 Å². The third kappa shape index (κ3) is 6.64. The number of hydrogen-bond acceptors (Lipinski definition) is 4. The average Bonchev–Trinajstić information content (AvgIpc) is 3.43. The van der Waals surface area contributed by atoms with E-state index < -0.39 is 5.16 Å². The average molecular weight is 471 g/mol. The van der Waals surface area contributed by atoms with Gasteiger partial charge in [-0.2, -0.15) is 0 Å². The molecule has 1 aromatic rings. The van der Waals surface area contributed by atoms with Crippen LogP contribution in [0.1, 0.15) is 74.0 Å². The minimum Gasteiger partial charge on any atom is -0.460 e. The van der Waals surface area contributed by atoms with Crippen molar-refractivity contribution in [1.29, 1.82) is 0 Å². The molecule has 1 saturated heterocycles.